The van der Waals surface area contributed by atoms with Crippen LogP contribution in [0.4, 0.5) is 5.69 Å². The van der Waals surface area contributed by atoms with Crippen LogP contribution in [0.5, 0.6) is 0 Å². The molecule has 0 aliphatic carbocycles. The largest absolute Gasteiger partial charge is 0.368 e. The van der Waals surface area contributed by atoms with Crippen LogP contribution >= 0.6 is 11.3 Å². The van der Waals surface area contributed by atoms with Gasteiger partial charge in [0.1, 0.15) is 0 Å². The average molecular weight is 328 g/mol. The summed E-state index contributed by atoms with van der Waals surface area (Å²) < 4.78 is 0. The van der Waals surface area contributed by atoms with Gasteiger partial charge in [0, 0.05) is 36.7 Å². The molecule has 0 bridgehead atoms. The summed E-state index contributed by atoms with van der Waals surface area (Å²) in [5.41, 5.74) is 2.72. The van der Waals surface area contributed by atoms with Crippen LogP contribution in [0.1, 0.15) is 30.2 Å². The van der Waals surface area contributed by atoms with Crippen molar-refractivity contribution in [1.82, 2.24) is 4.90 Å². The summed E-state index contributed by atoms with van der Waals surface area (Å²) >= 11 is 1.66. The lowest BCUT2D eigenvalue weighted by molar-refractivity contribution is -0.130. The van der Waals surface area contributed by atoms with Crippen molar-refractivity contribution in [3.05, 3.63) is 52.2 Å². The lowest BCUT2D eigenvalue weighted by atomic mass is 10.00. The molecule has 1 aliphatic rings. The average Bonchev–Trinajstić information content (AvgIpc) is 3.08. The van der Waals surface area contributed by atoms with Gasteiger partial charge in [0.15, 0.2) is 0 Å². The van der Waals surface area contributed by atoms with Crippen LogP contribution in [0.15, 0.2) is 41.8 Å². The van der Waals surface area contributed by atoms with E-state index in [4.69, 9.17) is 0 Å². The fourth-order valence-electron chi connectivity index (χ4n) is 3.13. The summed E-state index contributed by atoms with van der Waals surface area (Å²) in [7, 11) is 0. The molecule has 1 amide bonds. The van der Waals surface area contributed by atoms with Gasteiger partial charge in [-0.25, -0.2) is 0 Å². The van der Waals surface area contributed by atoms with Gasteiger partial charge >= 0.3 is 0 Å². The molecule has 1 aliphatic heterocycles. The number of para-hydroxylation sites is 1. The van der Waals surface area contributed by atoms with E-state index >= 15 is 0 Å². The van der Waals surface area contributed by atoms with Crippen molar-refractivity contribution in [3.8, 4) is 0 Å². The first-order valence-electron chi connectivity index (χ1n) is 8.29. The normalized spacial score (nSPS) is 15.3. The molecule has 0 atom stereocenters. The van der Waals surface area contributed by atoms with Crippen molar-refractivity contribution in [3.63, 3.8) is 0 Å². The summed E-state index contributed by atoms with van der Waals surface area (Å²) in [5, 5.41) is 2.03. The molecule has 0 saturated carbocycles. The molecular formula is C19H24N2OS. The van der Waals surface area contributed by atoms with Crippen LogP contribution in [0.2, 0.25) is 0 Å². The quantitative estimate of drug-likeness (QED) is 0.853. The van der Waals surface area contributed by atoms with Crippen LogP contribution in [0.3, 0.4) is 0 Å². The number of rotatable bonds is 4. The summed E-state index contributed by atoms with van der Waals surface area (Å²) in [4.78, 5) is 18.0. The lowest BCUT2D eigenvalue weighted by Crippen LogP contribution is -2.49. The molecular weight excluding hydrogens is 304 g/mol. The zero-order valence-electron chi connectivity index (χ0n) is 13.9. The second-order valence-corrected chi connectivity index (χ2v) is 7.37. The summed E-state index contributed by atoms with van der Waals surface area (Å²) in [6.45, 7) is 7.94. The molecule has 3 nitrogen and oxygen atoms in total. The maximum absolute atomic E-state index is 12.4. The summed E-state index contributed by atoms with van der Waals surface area (Å²) in [5.74, 6) is 0.772. The molecule has 0 radical (unpaired) electrons. The molecule has 23 heavy (non-hydrogen) atoms. The molecule has 2 heterocycles. The van der Waals surface area contributed by atoms with Gasteiger partial charge in [-0.05, 0) is 29.0 Å². The predicted molar refractivity (Wildman–Crippen MR) is 97.3 cm³/mol. The SMILES string of the molecule is CC(C)c1ccccc1N1CCN(C(=O)Cc2cccs2)CC1. The van der Waals surface area contributed by atoms with E-state index in [1.807, 2.05) is 22.4 Å². The van der Waals surface area contributed by atoms with E-state index in [0.717, 1.165) is 31.1 Å². The number of hydrogen-bond donors (Lipinski definition) is 0. The Bertz CT molecular complexity index is 643. The van der Waals surface area contributed by atoms with Gasteiger partial charge in [0.2, 0.25) is 5.91 Å². The Balaban J connectivity index is 1.61. The number of amides is 1. The monoisotopic (exact) mass is 328 g/mol. The maximum Gasteiger partial charge on any atom is 0.227 e. The third kappa shape index (κ3) is 3.75. The molecule has 4 heteroatoms. The second-order valence-electron chi connectivity index (χ2n) is 6.34. The van der Waals surface area contributed by atoms with E-state index < -0.39 is 0 Å². The third-order valence-electron chi connectivity index (χ3n) is 4.44. The standard InChI is InChI=1S/C19H24N2OS/c1-15(2)17-7-3-4-8-18(17)20-9-11-21(12-10-20)19(22)14-16-6-5-13-23-16/h3-8,13,15H,9-12,14H2,1-2H3. The number of carbonyl (C=O) groups is 1. The smallest absolute Gasteiger partial charge is 0.227 e. The Kier molecular flexibility index (Phi) is 5.01. The van der Waals surface area contributed by atoms with Crippen molar-refractivity contribution in [2.45, 2.75) is 26.2 Å². The van der Waals surface area contributed by atoms with Gasteiger partial charge in [-0.2, -0.15) is 0 Å². The van der Waals surface area contributed by atoms with Gasteiger partial charge in [-0.15, -0.1) is 11.3 Å². The zero-order valence-corrected chi connectivity index (χ0v) is 14.7. The minimum atomic E-state index is 0.254. The van der Waals surface area contributed by atoms with Gasteiger partial charge in [-0.3, -0.25) is 4.79 Å². The minimum absolute atomic E-state index is 0.254. The summed E-state index contributed by atoms with van der Waals surface area (Å²) in [6, 6.07) is 12.7. The number of benzene rings is 1. The highest BCUT2D eigenvalue weighted by Crippen LogP contribution is 2.28. The van der Waals surface area contributed by atoms with Gasteiger partial charge in [-0.1, -0.05) is 38.1 Å². The van der Waals surface area contributed by atoms with Gasteiger partial charge < -0.3 is 9.80 Å². The first-order chi connectivity index (χ1) is 11.1. The molecule has 3 rings (SSSR count). The van der Waals surface area contributed by atoms with Crippen molar-refractivity contribution >= 4 is 22.9 Å². The van der Waals surface area contributed by atoms with Crippen molar-refractivity contribution in [1.29, 1.82) is 0 Å². The highest BCUT2D eigenvalue weighted by atomic mass is 32.1. The molecule has 0 N–H and O–H groups in total. The number of nitrogens with zero attached hydrogens (tertiary/aromatic N) is 2. The highest BCUT2D eigenvalue weighted by molar-refractivity contribution is 7.10. The number of thiophene rings is 1. The Hall–Kier alpha value is -1.81. The fraction of sp³-hybridized carbons (Fsp3) is 0.421. The van der Waals surface area contributed by atoms with E-state index in [-0.39, 0.29) is 5.91 Å². The van der Waals surface area contributed by atoms with Gasteiger partial charge in [0.05, 0.1) is 6.42 Å². The van der Waals surface area contributed by atoms with Crippen molar-refractivity contribution in [2.24, 2.45) is 0 Å². The first kappa shape index (κ1) is 16.1. The molecule has 1 aromatic heterocycles. The number of piperazine rings is 1. The Morgan fingerprint density at radius 1 is 1.09 bits per heavy atom. The molecule has 122 valence electrons. The third-order valence-corrected chi connectivity index (χ3v) is 5.31. The van der Waals surface area contributed by atoms with E-state index in [1.54, 1.807) is 11.3 Å². The highest BCUT2D eigenvalue weighted by Gasteiger charge is 2.23. The number of anilines is 1. The van der Waals surface area contributed by atoms with E-state index in [9.17, 15) is 4.79 Å². The van der Waals surface area contributed by atoms with E-state index in [0.29, 0.717) is 12.3 Å². The number of carbonyl (C=O) groups excluding carboxylic acids is 1. The van der Waals surface area contributed by atoms with Crippen LogP contribution in [-0.4, -0.2) is 37.0 Å². The fourth-order valence-corrected chi connectivity index (χ4v) is 3.83. The molecule has 0 spiro atoms. The first-order valence-corrected chi connectivity index (χ1v) is 9.17. The summed E-state index contributed by atoms with van der Waals surface area (Å²) in [6.07, 6.45) is 0.542. The second kappa shape index (κ2) is 7.18. The van der Waals surface area contributed by atoms with Crippen LogP contribution in [0.25, 0.3) is 0 Å². The molecule has 0 unspecified atom stereocenters. The molecule has 1 fully saturated rings. The van der Waals surface area contributed by atoms with E-state index in [2.05, 4.69) is 43.0 Å². The van der Waals surface area contributed by atoms with Crippen LogP contribution in [0, 0.1) is 0 Å². The Morgan fingerprint density at radius 3 is 2.48 bits per heavy atom. The lowest BCUT2D eigenvalue weighted by Gasteiger charge is -2.37. The molecule has 2 aromatic rings. The Morgan fingerprint density at radius 2 is 1.83 bits per heavy atom. The zero-order chi connectivity index (χ0) is 16.2. The van der Waals surface area contributed by atoms with E-state index in [1.165, 1.54) is 11.3 Å². The van der Waals surface area contributed by atoms with Crippen molar-refractivity contribution < 1.29 is 4.79 Å². The van der Waals surface area contributed by atoms with Crippen molar-refractivity contribution in [2.75, 3.05) is 31.1 Å². The predicted octanol–water partition coefficient (Wildman–Crippen LogP) is 3.76. The van der Waals surface area contributed by atoms with Gasteiger partial charge in [0.25, 0.3) is 0 Å². The molecule has 1 aromatic carbocycles. The van der Waals surface area contributed by atoms with Crippen LogP contribution < -0.4 is 4.90 Å². The maximum atomic E-state index is 12.4. The molecule has 1 saturated heterocycles. The van der Waals surface area contributed by atoms with Crippen LogP contribution in [-0.2, 0) is 11.2 Å². The number of hydrogen-bond acceptors (Lipinski definition) is 3. The Labute approximate surface area is 142 Å². The topological polar surface area (TPSA) is 23.6 Å². The minimum Gasteiger partial charge on any atom is -0.368 e.